The second-order valence-corrected chi connectivity index (χ2v) is 31.5. The molecule has 0 aliphatic rings. The summed E-state index contributed by atoms with van der Waals surface area (Å²) in [5.74, 6) is 0.644. The first kappa shape index (κ1) is 90.2. The lowest BCUT2D eigenvalue weighted by molar-refractivity contribution is -0.142. The molecule has 0 aliphatic heterocycles. The van der Waals surface area contributed by atoms with Gasteiger partial charge in [-0.2, -0.15) is 57.9 Å². The second kappa shape index (κ2) is 34.7. The number of hydrogen-bond donors (Lipinski definition) is 0. The van der Waals surface area contributed by atoms with E-state index < -0.39 is 63.2 Å². The number of nitrogens with zero attached hydrogens (tertiary/aromatic N) is 1. The molecule has 7 aromatic rings. The largest absolute Gasteiger partial charge is 0.496 e. The molecule has 0 aromatic heterocycles. The van der Waals surface area contributed by atoms with Crippen molar-refractivity contribution in [3.63, 3.8) is 0 Å². The van der Waals surface area contributed by atoms with Gasteiger partial charge in [0.1, 0.15) is 29.0 Å². The Labute approximate surface area is 587 Å². The van der Waals surface area contributed by atoms with Gasteiger partial charge in [0.25, 0.3) is 0 Å². The van der Waals surface area contributed by atoms with Crippen LogP contribution in [0.25, 0.3) is 0 Å². The highest BCUT2D eigenvalue weighted by Crippen LogP contribution is 2.43. The van der Waals surface area contributed by atoms with E-state index >= 15 is 0 Å². The van der Waals surface area contributed by atoms with Gasteiger partial charge in [0.2, 0.25) is 0 Å². The van der Waals surface area contributed by atoms with Gasteiger partial charge in [0.05, 0.1) is 53.1 Å². The molecule has 20 heteroatoms. The quantitative estimate of drug-likeness (QED) is 0.162. The summed E-state index contributed by atoms with van der Waals surface area (Å²) in [6, 6.07) is 32.0. The Bertz CT molecular complexity index is 3790. The van der Waals surface area contributed by atoms with Gasteiger partial charge in [-0.15, -0.1) is 0 Å². The van der Waals surface area contributed by atoms with E-state index in [4.69, 9.17) is 37.9 Å². The van der Waals surface area contributed by atoms with Gasteiger partial charge in [0.15, 0.2) is 0 Å². The molecule has 0 saturated carbocycles. The van der Waals surface area contributed by atoms with Crippen molar-refractivity contribution in [1.29, 1.82) is 5.26 Å². The Morgan fingerprint density at radius 3 is 1.16 bits per heavy atom. The van der Waals surface area contributed by atoms with Gasteiger partial charge in [-0.25, -0.2) is 13.2 Å². The molecule has 0 atom stereocenters. The van der Waals surface area contributed by atoms with Gasteiger partial charge >= 0.3 is 24.7 Å². The Morgan fingerprint density at radius 2 is 0.778 bits per heavy atom. The standard InChI is InChI=1S/C12H12F6.C12H12F3N.C12H18.C11H12ClF3.2C11H15FO.C10H12ClF/c1-10(2,3)9-6-7(11(13,14)15)4-5-8(9)12(16,17)18;1-11(2,3)10-6-8(7-16)4-5-9(10)12(13,14)15;1-9-6-7-11(10(2)8-9)12(3,4)5;1-10(2,3)8-5-4-7(12)6-9(8)11(13,14)15;1-11(2,3)9-7-8(12)5-6-10(9)13-4;1-11(2,3)10-8(12)6-5-7-9(10)13-4;1-10(2,3)7-5-4-6-8(11)9(7)12/h4-6H,1-3H3;4-6H,1-3H3;6-8H,1-5H3;4-6H,1-3H3;2*5-7H,1-4H3;4-6H,1-3H3. The molecule has 0 fully saturated rings. The van der Waals surface area contributed by atoms with Crippen molar-refractivity contribution in [1.82, 2.24) is 0 Å². The van der Waals surface area contributed by atoms with E-state index in [2.05, 4.69) is 52.8 Å². The average Bonchev–Trinajstić information content (AvgIpc) is 0.798. The van der Waals surface area contributed by atoms with Crippen LogP contribution in [0.15, 0.2) is 127 Å². The highest BCUT2D eigenvalue weighted by Gasteiger charge is 2.41. The third kappa shape index (κ3) is 29.0. The van der Waals surface area contributed by atoms with Crippen molar-refractivity contribution in [2.75, 3.05) is 14.2 Å². The number of nitriles is 1. The number of rotatable bonds is 2. The predicted octanol–water partition coefficient (Wildman–Crippen LogP) is 27.2. The minimum Gasteiger partial charge on any atom is -0.496 e. The average molecular weight is 1450 g/mol. The third-order valence-electron chi connectivity index (χ3n) is 14.7. The number of methoxy groups -OCH3 is 2. The van der Waals surface area contributed by atoms with Crippen molar-refractivity contribution in [3.8, 4) is 17.6 Å². The van der Waals surface area contributed by atoms with Crippen molar-refractivity contribution in [2.45, 2.75) is 222 Å². The molecule has 0 N–H and O–H groups in total. The van der Waals surface area contributed by atoms with E-state index in [1.807, 2.05) is 68.4 Å². The van der Waals surface area contributed by atoms with Crippen molar-refractivity contribution >= 4 is 23.2 Å². The van der Waals surface area contributed by atoms with Crippen LogP contribution in [0.3, 0.4) is 0 Å². The van der Waals surface area contributed by atoms with E-state index in [1.54, 1.807) is 92.2 Å². The number of alkyl halides is 12. The fourth-order valence-corrected chi connectivity index (χ4v) is 10.2. The Kier molecular flexibility index (Phi) is 31.6. The van der Waals surface area contributed by atoms with Crippen molar-refractivity contribution in [3.05, 3.63) is 233 Å². The second-order valence-electron chi connectivity index (χ2n) is 30.6. The van der Waals surface area contributed by atoms with E-state index in [0.29, 0.717) is 35.1 Å². The number of hydrogen-bond acceptors (Lipinski definition) is 3. The molecule has 548 valence electrons. The number of aryl methyl sites for hydroxylation is 2. The summed E-state index contributed by atoms with van der Waals surface area (Å²) >= 11 is 11.2. The molecule has 0 heterocycles. The Hall–Kier alpha value is -6.84. The fourth-order valence-electron chi connectivity index (χ4n) is 9.88. The first-order valence-electron chi connectivity index (χ1n) is 31.3. The molecule has 0 unspecified atom stereocenters. The van der Waals surface area contributed by atoms with Crippen LogP contribution in [-0.4, -0.2) is 14.2 Å². The Morgan fingerprint density at radius 1 is 0.354 bits per heavy atom. The van der Waals surface area contributed by atoms with Crippen LogP contribution in [0.1, 0.15) is 223 Å². The zero-order valence-corrected chi connectivity index (χ0v) is 62.8. The molecule has 99 heavy (non-hydrogen) atoms. The highest BCUT2D eigenvalue weighted by atomic mass is 35.5. The van der Waals surface area contributed by atoms with Gasteiger partial charge in [-0.1, -0.05) is 217 Å². The first-order valence-corrected chi connectivity index (χ1v) is 32.1. The summed E-state index contributed by atoms with van der Waals surface area (Å²) < 4.78 is 202. The topological polar surface area (TPSA) is 42.2 Å². The summed E-state index contributed by atoms with van der Waals surface area (Å²) in [5, 5.41) is 8.99. The molecule has 0 saturated heterocycles. The summed E-state index contributed by atoms with van der Waals surface area (Å²) in [4.78, 5) is 0. The van der Waals surface area contributed by atoms with Gasteiger partial charge in [0, 0.05) is 16.1 Å². The maximum absolute atomic E-state index is 13.5. The lowest BCUT2D eigenvalue weighted by Crippen LogP contribution is -2.21. The van der Waals surface area contributed by atoms with E-state index in [9.17, 15) is 65.9 Å². The molecule has 7 aromatic carbocycles. The number of ether oxygens (including phenoxy) is 2. The zero-order chi connectivity index (χ0) is 77.6. The molecule has 0 spiro atoms. The highest BCUT2D eigenvalue weighted by molar-refractivity contribution is 6.31. The molecule has 0 radical (unpaired) electrons. The van der Waals surface area contributed by atoms with Gasteiger partial charge < -0.3 is 9.47 Å². The zero-order valence-electron chi connectivity index (χ0n) is 61.3. The van der Waals surface area contributed by atoms with Crippen molar-refractivity contribution in [2.24, 2.45) is 0 Å². The molecule has 0 amide bonds. The normalized spacial score (nSPS) is 12.3. The SMILES string of the molecule is CC(C)(C)c1cc(C#N)ccc1C(F)(F)F.CC(C)(C)c1cc(C(F)(F)F)ccc1C(F)(F)F.CC(C)(C)c1ccc(Cl)cc1C(F)(F)F.CC(C)(C)c1cccc(Cl)c1F.COc1ccc(F)cc1C(C)(C)C.COc1cccc(F)c1C(C)(C)C.Cc1ccc(C(C)(C)C)c(C)c1. The lowest BCUT2D eigenvalue weighted by Gasteiger charge is -2.25. The fraction of sp³-hybridized carbons (Fsp3) is 0.456. The minimum atomic E-state index is -4.66. The summed E-state index contributed by atoms with van der Waals surface area (Å²) in [7, 11) is 3.16. The Balaban J connectivity index is 0.000000580. The summed E-state index contributed by atoms with van der Waals surface area (Å²) in [6.07, 6.45) is -18.0. The molecule has 3 nitrogen and oxygen atoms in total. The number of benzene rings is 7. The third-order valence-corrected chi connectivity index (χ3v) is 15.2. The van der Waals surface area contributed by atoms with Crippen LogP contribution in [0.2, 0.25) is 10.0 Å². The van der Waals surface area contributed by atoms with E-state index in [0.717, 1.165) is 23.4 Å². The molecule has 0 aliphatic carbocycles. The first-order chi connectivity index (χ1) is 44.4. The van der Waals surface area contributed by atoms with Crippen LogP contribution in [0.4, 0.5) is 65.9 Å². The maximum atomic E-state index is 13.5. The van der Waals surface area contributed by atoms with E-state index in [1.165, 1.54) is 79.9 Å². The maximum Gasteiger partial charge on any atom is 0.416 e. The van der Waals surface area contributed by atoms with Crippen LogP contribution < -0.4 is 9.47 Å². The lowest BCUT2D eigenvalue weighted by atomic mass is 9.82. The van der Waals surface area contributed by atoms with Crippen molar-refractivity contribution < 1.29 is 75.3 Å². The minimum absolute atomic E-state index is 0.0898. The van der Waals surface area contributed by atoms with Crippen LogP contribution in [0, 0.1) is 42.6 Å². The molecule has 0 bridgehead atoms. The smallest absolute Gasteiger partial charge is 0.416 e. The molecular formula is C79H96Cl2F15NO2. The number of halogens is 17. The molecule has 7 rings (SSSR count). The van der Waals surface area contributed by atoms with Crippen LogP contribution >= 0.6 is 23.2 Å². The summed E-state index contributed by atoms with van der Waals surface area (Å²) in [6.45, 7) is 43.6. The van der Waals surface area contributed by atoms with E-state index in [-0.39, 0.29) is 71.4 Å². The van der Waals surface area contributed by atoms with Crippen LogP contribution in [0.5, 0.6) is 11.5 Å². The summed E-state index contributed by atoms with van der Waals surface area (Å²) in [5.41, 5.74) is 0.862. The van der Waals surface area contributed by atoms with Gasteiger partial charge in [-0.3, -0.25) is 0 Å². The monoisotopic (exact) mass is 1450 g/mol. The van der Waals surface area contributed by atoms with Crippen LogP contribution in [-0.2, 0) is 62.6 Å². The molecular weight excluding hydrogens is 1350 g/mol. The predicted molar refractivity (Wildman–Crippen MR) is 373 cm³/mol. The van der Waals surface area contributed by atoms with Gasteiger partial charge in [-0.05, 0) is 170 Å².